The minimum Gasteiger partial charge on any atom is -0.349 e. The molecule has 0 aliphatic carbocycles. The molecule has 0 spiro atoms. The lowest BCUT2D eigenvalue weighted by molar-refractivity contribution is 0.652. The summed E-state index contributed by atoms with van der Waals surface area (Å²) < 4.78 is 0. The number of hydrogen-bond donors (Lipinski definition) is 0. The molecule has 0 fully saturated rings. The lowest BCUT2D eigenvalue weighted by Crippen LogP contribution is -2.50. The fourth-order valence-corrected chi connectivity index (χ4v) is 16.0. The van der Waals surface area contributed by atoms with E-state index in [2.05, 4.69) is 131 Å². The van der Waals surface area contributed by atoms with E-state index in [1.54, 1.807) is 22.0 Å². The lowest BCUT2D eigenvalue weighted by atomic mass is 9.99. The second-order valence-corrected chi connectivity index (χ2v) is 23.1. The van der Waals surface area contributed by atoms with Crippen molar-refractivity contribution in [3.05, 3.63) is 46.5 Å². The number of aryl methyl sites for hydroxylation is 2. The van der Waals surface area contributed by atoms with Crippen molar-refractivity contribution >= 4 is 37.8 Å². The molecule has 2 aromatic rings. The molecule has 0 saturated carbocycles. The molecule has 2 bridgehead atoms. The van der Waals surface area contributed by atoms with Crippen LogP contribution in [0.15, 0.2) is 24.3 Å². The fourth-order valence-electron chi connectivity index (χ4n) is 7.45. The molecule has 2 aliphatic heterocycles. The van der Waals surface area contributed by atoms with Gasteiger partial charge in [-0.3, -0.25) is 0 Å². The smallest absolute Gasteiger partial charge is 0.0910 e. The van der Waals surface area contributed by atoms with Gasteiger partial charge in [-0.2, -0.15) is 0 Å². The van der Waals surface area contributed by atoms with Gasteiger partial charge < -0.3 is 9.80 Å². The van der Waals surface area contributed by atoms with E-state index in [0.717, 1.165) is 19.8 Å². The van der Waals surface area contributed by atoms with Gasteiger partial charge >= 0.3 is 0 Å². The molecule has 204 valence electrons. The van der Waals surface area contributed by atoms with E-state index in [9.17, 15) is 0 Å². The van der Waals surface area contributed by atoms with Crippen LogP contribution in [0.3, 0.4) is 0 Å². The van der Waals surface area contributed by atoms with Crippen molar-refractivity contribution in [3.63, 3.8) is 0 Å². The molecule has 2 heterocycles. The van der Waals surface area contributed by atoms with Crippen molar-refractivity contribution in [1.82, 2.24) is 0 Å². The van der Waals surface area contributed by atoms with E-state index in [0.29, 0.717) is 0 Å². The molecule has 2 nitrogen and oxygen atoms in total. The second kappa shape index (κ2) is 9.24. The molecule has 0 saturated heterocycles. The van der Waals surface area contributed by atoms with E-state index in [4.69, 9.17) is 0 Å². The Morgan fingerprint density at radius 1 is 0.514 bits per heavy atom. The summed E-state index contributed by atoms with van der Waals surface area (Å²) in [5, 5.41) is 4.23. The molecule has 37 heavy (non-hydrogen) atoms. The molecule has 0 amide bonds. The number of benzene rings is 2. The Hall–Kier alpha value is -1.10. The van der Waals surface area contributed by atoms with E-state index in [1.807, 2.05) is 0 Å². The zero-order valence-electron chi connectivity index (χ0n) is 26.2. The maximum atomic E-state index is 2.71. The van der Waals surface area contributed by atoms with Gasteiger partial charge in [0.1, 0.15) is 0 Å². The maximum absolute atomic E-state index is 2.71. The largest absolute Gasteiger partial charge is 0.349 e. The van der Waals surface area contributed by atoms with Crippen molar-refractivity contribution in [3.8, 4) is 0 Å². The van der Waals surface area contributed by atoms with Gasteiger partial charge in [0, 0.05) is 23.7 Å². The zero-order chi connectivity index (χ0) is 27.9. The number of anilines is 2. The van der Waals surface area contributed by atoms with Gasteiger partial charge in [-0.15, -0.1) is 0 Å². The minimum atomic E-state index is -0.369. The third-order valence-corrected chi connectivity index (χ3v) is 14.5. The Balaban J connectivity index is 1.92. The lowest BCUT2D eigenvalue weighted by Gasteiger charge is -2.51. The first-order valence-electron chi connectivity index (χ1n) is 14.1. The normalized spacial score (nSPS) is 16.4. The Labute approximate surface area is 231 Å². The molecule has 4 heteroatoms. The summed E-state index contributed by atoms with van der Waals surface area (Å²) in [6.45, 7) is 37.1. The topological polar surface area (TPSA) is 6.48 Å². The highest BCUT2D eigenvalue weighted by Gasteiger charge is 2.43. The highest BCUT2D eigenvalue weighted by molar-refractivity contribution is 7.69. The van der Waals surface area contributed by atoms with Crippen molar-refractivity contribution < 1.29 is 0 Å². The molecule has 2 aromatic carbocycles. The summed E-state index contributed by atoms with van der Waals surface area (Å²) in [5.74, 6) is 0. The van der Waals surface area contributed by atoms with E-state index in [1.165, 1.54) is 22.3 Å². The Bertz CT molecular complexity index is 1060. The van der Waals surface area contributed by atoms with E-state index in [-0.39, 0.29) is 36.5 Å². The number of rotatable bonds is 2. The first kappa shape index (κ1) is 28.9. The van der Waals surface area contributed by atoms with Crippen LogP contribution in [0, 0.1) is 13.8 Å². The van der Waals surface area contributed by atoms with Crippen LogP contribution >= 0.6 is 15.8 Å². The van der Waals surface area contributed by atoms with Gasteiger partial charge in [0.2, 0.25) is 0 Å². The summed E-state index contributed by atoms with van der Waals surface area (Å²) in [4.78, 5) is 5.42. The molecule has 4 rings (SSSR count). The van der Waals surface area contributed by atoms with Crippen LogP contribution in [-0.4, -0.2) is 27.3 Å². The molecule has 0 N–H and O–H groups in total. The highest BCUT2D eigenvalue weighted by atomic mass is 31.1. The predicted molar refractivity (Wildman–Crippen MR) is 172 cm³/mol. The Kier molecular flexibility index (Phi) is 7.21. The number of fused-ring (bicyclic) bond motifs is 6. The summed E-state index contributed by atoms with van der Waals surface area (Å²) in [5.41, 5.74) is 8.95. The maximum Gasteiger partial charge on any atom is 0.0910 e. The third kappa shape index (κ3) is 5.50. The predicted octanol–water partition coefficient (Wildman–Crippen LogP) is 9.01. The zero-order valence-corrected chi connectivity index (χ0v) is 28.0. The van der Waals surface area contributed by atoms with Crippen LogP contribution in [0.5, 0.6) is 0 Å². The Morgan fingerprint density at radius 2 is 0.811 bits per heavy atom. The highest BCUT2D eigenvalue weighted by Crippen LogP contribution is 2.62. The van der Waals surface area contributed by atoms with Gasteiger partial charge in [0.25, 0.3) is 0 Å². The van der Waals surface area contributed by atoms with Gasteiger partial charge in [-0.1, -0.05) is 122 Å². The van der Waals surface area contributed by atoms with Crippen LogP contribution in [0.1, 0.15) is 105 Å². The van der Waals surface area contributed by atoms with Crippen LogP contribution in [0.2, 0.25) is 0 Å². The quantitative estimate of drug-likeness (QED) is 0.352. The number of hydrogen-bond acceptors (Lipinski definition) is 2. The van der Waals surface area contributed by atoms with Crippen LogP contribution < -0.4 is 20.4 Å². The van der Waals surface area contributed by atoms with Crippen molar-refractivity contribution in [1.29, 1.82) is 0 Å². The Morgan fingerprint density at radius 3 is 1.08 bits per heavy atom. The second-order valence-electron chi connectivity index (χ2n) is 15.5. The molecule has 0 radical (unpaired) electrons. The number of nitrogens with zero attached hydrogens (tertiary/aromatic N) is 2. The minimum absolute atomic E-state index is 0.249. The van der Waals surface area contributed by atoms with Crippen LogP contribution in [0.4, 0.5) is 11.4 Å². The summed E-state index contributed by atoms with van der Waals surface area (Å²) in [6.07, 6.45) is 0. The van der Waals surface area contributed by atoms with Crippen LogP contribution in [0.25, 0.3) is 0 Å². The average molecular weight is 539 g/mol. The molecule has 0 unspecified atom stereocenters. The van der Waals surface area contributed by atoms with Gasteiger partial charge in [-0.25, -0.2) is 0 Å². The van der Waals surface area contributed by atoms with Crippen molar-refractivity contribution in [2.24, 2.45) is 0 Å². The molecular weight excluding hydrogens is 486 g/mol. The van der Waals surface area contributed by atoms with Crippen molar-refractivity contribution in [2.75, 3.05) is 16.5 Å². The van der Waals surface area contributed by atoms with Gasteiger partial charge in [0.15, 0.2) is 0 Å². The molecule has 0 aromatic heterocycles. The van der Waals surface area contributed by atoms with E-state index >= 15 is 0 Å². The SMILES string of the molecule is Cc1cc2c(c(P(C(C)(C)C)C(C)(C)C)c1)N1Cc3cc(C)cc(P(C(C)(C)C)C(C)(C)C)c3N(C2)C1. The van der Waals surface area contributed by atoms with Crippen LogP contribution in [-0.2, 0) is 13.1 Å². The summed E-state index contributed by atoms with van der Waals surface area (Å²) in [6, 6.07) is 10.0. The first-order chi connectivity index (χ1) is 16.7. The van der Waals surface area contributed by atoms with Gasteiger partial charge in [-0.05, 0) is 57.7 Å². The average Bonchev–Trinajstić information content (AvgIpc) is 2.61. The third-order valence-electron chi connectivity index (χ3n) is 7.49. The molecule has 2 aliphatic rings. The fraction of sp³-hybridized carbons (Fsp3) is 0.636. The van der Waals surface area contributed by atoms with Crippen molar-refractivity contribution in [2.45, 2.75) is 131 Å². The summed E-state index contributed by atoms with van der Waals surface area (Å²) >= 11 is 0. The standard InChI is InChI=1S/C33H52N2P2/c1-22-15-24-19-34-21-35(28(24)26(17-22)36(30(3,4)5)31(6,7)8)20-25-16-23(2)18-27(29(25)34)37(32(9,10)11)33(12,13)14/h15-18H,19-21H2,1-14H3. The monoisotopic (exact) mass is 538 g/mol. The molecule has 0 atom stereocenters. The molecular formula is C33H52N2P2. The summed E-state index contributed by atoms with van der Waals surface area (Å²) in [7, 11) is -0.738. The first-order valence-corrected chi connectivity index (χ1v) is 16.8. The van der Waals surface area contributed by atoms with E-state index < -0.39 is 0 Å². The van der Waals surface area contributed by atoms with Gasteiger partial charge in [0.05, 0.1) is 18.0 Å².